The van der Waals surface area contributed by atoms with Crippen LogP contribution in [0.1, 0.15) is 20.8 Å². The minimum absolute atomic E-state index is 0.437. The van der Waals surface area contributed by atoms with E-state index in [0.717, 1.165) is 19.9 Å². The Balaban J connectivity index is 6.32. The summed E-state index contributed by atoms with van der Waals surface area (Å²) < 4.78 is 40.1. The van der Waals surface area contributed by atoms with Crippen LogP contribution in [-0.4, -0.2) is 26.2 Å². The molecule has 0 aromatic carbocycles. The fourth-order valence-corrected chi connectivity index (χ4v) is 1.98. The molecule has 0 aliphatic rings. The predicted molar refractivity (Wildman–Crippen MR) is 86.2 cm³/mol. The highest BCUT2D eigenvalue weighted by atomic mass is 19.4. The Morgan fingerprint density at radius 3 is 1.92 bits per heavy atom. The van der Waals surface area contributed by atoms with Gasteiger partial charge in [0.2, 0.25) is 0 Å². The fraction of sp³-hybridized carbons (Fsp3) is 0.333. The summed E-state index contributed by atoms with van der Waals surface area (Å²) in [7, 11) is 0. The molecule has 0 aliphatic heterocycles. The number of hydrogen-bond donors (Lipinski definition) is 2. The molecule has 8 nitrogen and oxygen atoms in total. The summed E-state index contributed by atoms with van der Waals surface area (Å²) in [4.78, 5) is 19.6. The van der Waals surface area contributed by atoms with Gasteiger partial charge in [-0.25, -0.2) is 0 Å². The number of halogens is 3. The Kier molecular flexibility index (Phi) is 7.77. The second-order valence-electron chi connectivity index (χ2n) is 5.13. The summed E-state index contributed by atoms with van der Waals surface area (Å²) in [5.74, 6) is -4.18. The first-order valence-electron chi connectivity index (χ1n) is 6.93. The van der Waals surface area contributed by atoms with Crippen LogP contribution in [0.3, 0.4) is 0 Å². The first kappa shape index (κ1) is 22.9. The van der Waals surface area contributed by atoms with Crippen LogP contribution in [0.2, 0.25) is 0 Å². The van der Waals surface area contributed by atoms with Crippen molar-refractivity contribution in [3.63, 3.8) is 0 Å². The third kappa shape index (κ3) is 6.07. The third-order valence-electron chi connectivity index (χ3n) is 3.14. The molecule has 2 N–H and O–H groups in total. The number of hydrogen-bond acceptors (Lipinski definition) is 6. The lowest BCUT2D eigenvalue weighted by molar-refractivity contribution is -0.423. The van der Waals surface area contributed by atoms with Gasteiger partial charge in [-0.2, -0.15) is 13.2 Å². The number of alkyl halides is 3. The van der Waals surface area contributed by atoms with Crippen molar-refractivity contribution in [3.8, 4) is 0 Å². The molecule has 0 heterocycles. The van der Waals surface area contributed by atoms with Crippen molar-refractivity contribution in [2.24, 2.45) is 5.92 Å². The molecule has 144 valence electrons. The maximum absolute atomic E-state index is 13.4. The summed E-state index contributed by atoms with van der Waals surface area (Å²) in [5, 5.41) is 40.4. The van der Waals surface area contributed by atoms with Crippen LogP contribution in [0.15, 0.2) is 58.9 Å². The monoisotopic (exact) mass is 378 g/mol. The van der Waals surface area contributed by atoms with Gasteiger partial charge in [0.05, 0.1) is 9.85 Å². The van der Waals surface area contributed by atoms with Gasteiger partial charge in [0.25, 0.3) is 0 Å². The predicted octanol–water partition coefficient (Wildman–Crippen LogP) is 4.36. The molecule has 0 aliphatic carbocycles. The second kappa shape index (κ2) is 8.83. The average Bonchev–Trinajstić information content (AvgIpc) is 2.47. The highest BCUT2D eigenvalue weighted by molar-refractivity contribution is 5.35. The maximum atomic E-state index is 13.4. The van der Waals surface area contributed by atoms with Gasteiger partial charge < -0.3 is 10.2 Å². The molecule has 0 saturated heterocycles. The zero-order chi connectivity index (χ0) is 20.8. The van der Waals surface area contributed by atoms with Crippen LogP contribution in [0.5, 0.6) is 0 Å². The molecule has 0 spiro atoms. The quantitative estimate of drug-likeness (QED) is 0.293. The summed E-state index contributed by atoms with van der Waals surface area (Å²) in [6.07, 6.45) is -3.12. The van der Waals surface area contributed by atoms with Gasteiger partial charge in [-0.05, 0) is 31.1 Å². The lowest BCUT2D eigenvalue weighted by atomic mass is 9.90. The van der Waals surface area contributed by atoms with E-state index in [1.54, 1.807) is 0 Å². The smallest absolute Gasteiger partial charge is 0.399 e. The minimum Gasteiger partial charge on any atom is -0.506 e. The first-order chi connectivity index (χ1) is 11.7. The van der Waals surface area contributed by atoms with Gasteiger partial charge in [-0.3, -0.25) is 20.2 Å². The van der Waals surface area contributed by atoms with E-state index in [1.807, 2.05) is 0 Å². The molecular weight excluding hydrogens is 361 g/mol. The van der Waals surface area contributed by atoms with Crippen molar-refractivity contribution in [2.45, 2.75) is 26.9 Å². The molecule has 0 fully saturated rings. The molecule has 0 saturated carbocycles. The van der Waals surface area contributed by atoms with E-state index in [9.17, 15) is 43.6 Å². The van der Waals surface area contributed by atoms with Gasteiger partial charge in [-0.1, -0.05) is 6.58 Å². The summed E-state index contributed by atoms with van der Waals surface area (Å²) in [6.45, 7) is 6.22. The highest BCUT2D eigenvalue weighted by Gasteiger charge is 2.43. The van der Waals surface area contributed by atoms with Crippen molar-refractivity contribution in [2.75, 3.05) is 0 Å². The molecule has 0 bridgehead atoms. The Labute approximate surface area is 146 Å². The van der Waals surface area contributed by atoms with Crippen molar-refractivity contribution < 1.29 is 33.2 Å². The van der Waals surface area contributed by atoms with E-state index in [-0.39, 0.29) is 0 Å². The molecular formula is C15H17F3N2O6. The zero-order valence-electron chi connectivity index (χ0n) is 14.1. The molecule has 11 heteroatoms. The number of allylic oxidation sites excluding steroid dienone is 6. The number of nitro groups is 2. The topological polar surface area (TPSA) is 127 Å². The number of aliphatic hydroxyl groups excluding tert-OH is 2. The van der Waals surface area contributed by atoms with Gasteiger partial charge >= 0.3 is 17.6 Å². The standard InChI is InChI=1S/C15H17F3N2O6/c1-5-13(22)12(20(25)26)7-9(3)14(15(16,17)18)8(2)6-11(10(4)21)19(23)24/h5-7,14,21-22H,3H2,1-2,4H3/b8-6+,11-10-,12-7+,13-5+. The van der Waals surface area contributed by atoms with Crippen LogP contribution in [0, 0.1) is 26.1 Å². The minimum atomic E-state index is -4.98. The molecule has 1 unspecified atom stereocenters. The summed E-state index contributed by atoms with van der Waals surface area (Å²) in [5.41, 5.74) is -3.41. The Morgan fingerprint density at radius 1 is 1.12 bits per heavy atom. The average molecular weight is 378 g/mol. The van der Waals surface area contributed by atoms with E-state index in [4.69, 9.17) is 0 Å². The molecule has 1 atom stereocenters. The van der Waals surface area contributed by atoms with Crippen LogP contribution in [0.4, 0.5) is 13.2 Å². The molecule has 0 amide bonds. The maximum Gasteiger partial charge on any atom is 0.399 e. The molecule has 0 rings (SSSR count). The Morgan fingerprint density at radius 2 is 1.62 bits per heavy atom. The lowest BCUT2D eigenvalue weighted by Gasteiger charge is -2.21. The second-order valence-corrected chi connectivity index (χ2v) is 5.13. The molecule has 0 aromatic rings. The van der Waals surface area contributed by atoms with Crippen molar-refractivity contribution in [1.29, 1.82) is 0 Å². The number of rotatable bonds is 7. The number of nitrogens with zero attached hydrogens (tertiary/aromatic N) is 2. The van der Waals surface area contributed by atoms with E-state index in [0.29, 0.717) is 12.2 Å². The van der Waals surface area contributed by atoms with Crippen molar-refractivity contribution in [1.82, 2.24) is 0 Å². The van der Waals surface area contributed by atoms with E-state index in [1.165, 1.54) is 6.92 Å². The number of aliphatic hydroxyl groups is 2. The van der Waals surface area contributed by atoms with Gasteiger partial charge in [0.15, 0.2) is 11.5 Å². The van der Waals surface area contributed by atoms with Gasteiger partial charge in [-0.15, -0.1) is 0 Å². The highest BCUT2D eigenvalue weighted by Crippen LogP contribution is 2.38. The Bertz CT molecular complexity index is 728. The largest absolute Gasteiger partial charge is 0.506 e. The normalized spacial score (nSPS) is 16.0. The zero-order valence-corrected chi connectivity index (χ0v) is 14.1. The van der Waals surface area contributed by atoms with Gasteiger partial charge in [0.1, 0.15) is 5.92 Å². The lowest BCUT2D eigenvalue weighted by Crippen LogP contribution is -2.26. The van der Waals surface area contributed by atoms with E-state index in [2.05, 4.69) is 6.58 Å². The van der Waals surface area contributed by atoms with Crippen molar-refractivity contribution >= 4 is 0 Å². The van der Waals surface area contributed by atoms with Gasteiger partial charge in [0, 0.05) is 19.1 Å². The fourth-order valence-electron chi connectivity index (χ4n) is 1.98. The van der Waals surface area contributed by atoms with Crippen LogP contribution >= 0.6 is 0 Å². The third-order valence-corrected chi connectivity index (χ3v) is 3.14. The van der Waals surface area contributed by atoms with E-state index < -0.39 is 56.0 Å². The van der Waals surface area contributed by atoms with Crippen LogP contribution < -0.4 is 0 Å². The summed E-state index contributed by atoms with van der Waals surface area (Å²) in [6, 6.07) is 0. The van der Waals surface area contributed by atoms with Crippen molar-refractivity contribution in [3.05, 3.63) is 79.1 Å². The summed E-state index contributed by atoms with van der Waals surface area (Å²) >= 11 is 0. The van der Waals surface area contributed by atoms with Crippen LogP contribution in [0.25, 0.3) is 0 Å². The SMILES string of the molecule is C=C(/C=C(\C(O)=C/C)[N+](=O)[O-])C(/C(C)=C/C(=C(\C)O)[N+](=O)[O-])C(F)(F)F. The Hall–Kier alpha value is -3.11. The molecule has 0 aromatic heterocycles. The van der Waals surface area contributed by atoms with Crippen LogP contribution in [-0.2, 0) is 0 Å². The first-order valence-corrected chi connectivity index (χ1v) is 6.93. The molecule has 0 radical (unpaired) electrons. The van der Waals surface area contributed by atoms with E-state index >= 15 is 0 Å². The molecule has 26 heavy (non-hydrogen) atoms.